The number of benzene rings is 2. The van der Waals surface area contributed by atoms with E-state index in [9.17, 15) is 4.79 Å². The number of nitrogens with zero attached hydrogens (tertiary/aromatic N) is 5. The second-order valence-corrected chi connectivity index (χ2v) is 7.76. The van der Waals surface area contributed by atoms with E-state index in [-0.39, 0.29) is 11.7 Å². The molecule has 0 radical (unpaired) electrons. The normalized spacial score (nSPS) is 11.6. The maximum atomic E-state index is 13.1. The number of aromatic amines is 1. The van der Waals surface area contributed by atoms with Crippen LogP contribution in [0, 0.1) is 0 Å². The molecule has 0 saturated heterocycles. The largest absolute Gasteiger partial charge is 0.328 e. The van der Waals surface area contributed by atoms with E-state index in [0.29, 0.717) is 18.8 Å². The van der Waals surface area contributed by atoms with E-state index >= 15 is 0 Å². The van der Waals surface area contributed by atoms with Gasteiger partial charge in [-0.25, -0.2) is 9.89 Å². The lowest BCUT2D eigenvalue weighted by molar-refractivity contribution is 0.560. The lowest BCUT2D eigenvalue weighted by Crippen LogP contribution is -2.26. The van der Waals surface area contributed by atoms with Crippen molar-refractivity contribution in [1.82, 2.24) is 29.8 Å². The molecule has 0 unspecified atom stereocenters. The van der Waals surface area contributed by atoms with Crippen LogP contribution in [0.5, 0.6) is 0 Å². The molecular weight excluding hydrogens is 388 g/mol. The number of rotatable bonds is 7. The van der Waals surface area contributed by atoms with Gasteiger partial charge in [0.15, 0.2) is 5.82 Å². The third kappa shape index (κ3) is 4.26. The van der Waals surface area contributed by atoms with E-state index in [0.717, 1.165) is 27.9 Å². The zero-order valence-electron chi connectivity index (χ0n) is 18.0. The lowest BCUT2D eigenvalue weighted by Gasteiger charge is -2.12. The summed E-state index contributed by atoms with van der Waals surface area (Å²) in [6.45, 7) is 6.51. The SMILES string of the molecule is C/C=C/Cc1cn(C(C)C)c(=O)n1Cc1ccc(-c2ccccc2)c(-c2nnn[nH]2)c1. The van der Waals surface area contributed by atoms with Crippen LogP contribution in [-0.2, 0) is 13.0 Å². The molecule has 1 N–H and O–H groups in total. The molecule has 0 atom stereocenters. The molecule has 7 nitrogen and oxygen atoms in total. The molecular formula is C24H26N6O. The summed E-state index contributed by atoms with van der Waals surface area (Å²) in [6.07, 6.45) is 6.75. The van der Waals surface area contributed by atoms with Crippen LogP contribution >= 0.6 is 0 Å². The van der Waals surface area contributed by atoms with E-state index in [1.807, 2.05) is 55.8 Å². The summed E-state index contributed by atoms with van der Waals surface area (Å²) in [5.74, 6) is 0.599. The lowest BCUT2D eigenvalue weighted by atomic mass is 9.97. The number of hydrogen-bond donors (Lipinski definition) is 1. The first-order valence-electron chi connectivity index (χ1n) is 10.4. The summed E-state index contributed by atoms with van der Waals surface area (Å²) >= 11 is 0. The van der Waals surface area contributed by atoms with Crippen LogP contribution in [0.25, 0.3) is 22.5 Å². The number of nitrogens with one attached hydrogen (secondary N) is 1. The van der Waals surface area contributed by atoms with Gasteiger partial charge in [-0.15, -0.1) is 5.10 Å². The summed E-state index contributed by atoms with van der Waals surface area (Å²) in [7, 11) is 0. The first kappa shape index (κ1) is 20.5. The molecule has 0 saturated carbocycles. The highest BCUT2D eigenvalue weighted by Crippen LogP contribution is 2.31. The first-order valence-corrected chi connectivity index (χ1v) is 10.4. The molecule has 0 bridgehead atoms. The molecule has 2 aromatic heterocycles. The maximum Gasteiger partial charge on any atom is 0.328 e. The van der Waals surface area contributed by atoms with Crippen LogP contribution in [0.1, 0.15) is 38.1 Å². The number of H-pyrrole nitrogens is 1. The third-order valence-electron chi connectivity index (χ3n) is 5.32. The van der Waals surface area contributed by atoms with Gasteiger partial charge in [0, 0.05) is 29.9 Å². The van der Waals surface area contributed by atoms with Gasteiger partial charge in [0.25, 0.3) is 0 Å². The fraction of sp³-hybridized carbons (Fsp3) is 0.250. The molecule has 0 spiro atoms. The highest BCUT2D eigenvalue weighted by molar-refractivity contribution is 5.80. The predicted molar refractivity (Wildman–Crippen MR) is 122 cm³/mol. The molecule has 31 heavy (non-hydrogen) atoms. The fourth-order valence-corrected chi connectivity index (χ4v) is 3.70. The van der Waals surface area contributed by atoms with Crippen molar-refractivity contribution < 1.29 is 0 Å². The minimum absolute atomic E-state index is 0.00419. The van der Waals surface area contributed by atoms with Crippen molar-refractivity contribution in [1.29, 1.82) is 0 Å². The summed E-state index contributed by atoms with van der Waals surface area (Å²) in [5.41, 5.74) is 5.02. The van der Waals surface area contributed by atoms with Crippen LogP contribution in [0.4, 0.5) is 0 Å². The Bertz CT molecular complexity index is 1230. The molecule has 0 aliphatic rings. The van der Waals surface area contributed by atoms with Gasteiger partial charge in [-0.1, -0.05) is 54.6 Å². The van der Waals surface area contributed by atoms with Gasteiger partial charge in [-0.2, -0.15) is 0 Å². The number of imidazole rings is 1. The van der Waals surface area contributed by atoms with Crippen LogP contribution in [0.3, 0.4) is 0 Å². The number of aromatic nitrogens is 6. The topological polar surface area (TPSA) is 81.4 Å². The molecule has 0 aliphatic heterocycles. The Balaban J connectivity index is 1.78. The Morgan fingerprint density at radius 3 is 2.58 bits per heavy atom. The van der Waals surface area contributed by atoms with Crippen molar-refractivity contribution >= 4 is 0 Å². The Kier molecular flexibility index (Phi) is 5.93. The fourth-order valence-electron chi connectivity index (χ4n) is 3.70. The van der Waals surface area contributed by atoms with Crippen molar-refractivity contribution in [3.05, 3.63) is 88.6 Å². The summed E-state index contributed by atoms with van der Waals surface area (Å²) in [6, 6.07) is 16.4. The highest BCUT2D eigenvalue weighted by Gasteiger charge is 2.16. The monoisotopic (exact) mass is 414 g/mol. The Labute approximate surface area is 181 Å². The summed E-state index contributed by atoms with van der Waals surface area (Å²) in [4.78, 5) is 13.1. The second kappa shape index (κ2) is 8.95. The molecule has 4 aromatic rings. The minimum atomic E-state index is 0.00419. The summed E-state index contributed by atoms with van der Waals surface area (Å²) in [5, 5.41) is 14.5. The van der Waals surface area contributed by atoms with Crippen molar-refractivity contribution in [2.45, 2.75) is 39.8 Å². The van der Waals surface area contributed by atoms with Gasteiger partial charge in [0.1, 0.15) is 0 Å². The summed E-state index contributed by atoms with van der Waals surface area (Å²) < 4.78 is 3.64. The third-order valence-corrected chi connectivity index (χ3v) is 5.32. The van der Waals surface area contributed by atoms with Crippen LogP contribution in [-0.4, -0.2) is 29.8 Å². The zero-order chi connectivity index (χ0) is 21.8. The van der Waals surface area contributed by atoms with Crippen molar-refractivity contribution in [2.24, 2.45) is 0 Å². The van der Waals surface area contributed by atoms with Crippen molar-refractivity contribution in [2.75, 3.05) is 0 Å². The van der Waals surface area contributed by atoms with Gasteiger partial charge in [0.2, 0.25) is 0 Å². The molecule has 2 heterocycles. The van der Waals surface area contributed by atoms with E-state index in [1.54, 1.807) is 4.57 Å². The number of hydrogen-bond acceptors (Lipinski definition) is 4. The Morgan fingerprint density at radius 1 is 1.10 bits per heavy atom. The standard InChI is InChI=1S/C24H26N6O/c1-4-5-11-20-16-29(17(2)3)24(31)30(20)15-18-12-13-21(19-9-7-6-8-10-19)22(14-18)23-25-27-28-26-23/h4-10,12-14,16-17H,11,15H2,1-3H3,(H,25,26,27,28)/b5-4+. The number of allylic oxidation sites excluding steroid dienone is 2. The highest BCUT2D eigenvalue weighted by atomic mass is 16.1. The van der Waals surface area contributed by atoms with Gasteiger partial charge >= 0.3 is 5.69 Å². The molecule has 2 aromatic carbocycles. The minimum Gasteiger partial charge on any atom is -0.296 e. The average Bonchev–Trinajstić information content (AvgIpc) is 3.42. The quantitative estimate of drug-likeness (QED) is 0.459. The van der Waals surface area contributed by atoms with E-state index in [1.165, 1.54) is 0 Å². The second-order valence-electron chi connectivity index (χ2n) is 7.76. The Hall–Kier alpha value is -3.74. The van der Waals surface area contributed by atoms with Gasteiger partial charge < -0.3 is 0 Å². The first-order chi connectivity index (χ1) is 15.1. The molecule has 7 heteroatoms. The molecule has 0 fully saturated rings. The van der Waals surface area contributed by atoms with Gasteiger partial charge in [0.05, 0.1) is 6.54 Å². The van der Waals surface area contributed by atoms with E-state index in [2.05, 4.69) is 57.0 Å². The molecule has 158 valence electrons. The van der Waals surface area contributed by atoms with Gasteiger partial charge in [-0.05, 0) is 54.0 Å². The van der Waals surface area contributed by atoms with Gasteiger partial charge in [-0.3, -0.25) is 9.13 Å². The van der Waals surface area contributed by atoms with E-state index < -0.39 is 0 Å². The molecule has 0 aliphatic carbocycles. The van der Waals surface area contributed by atoms with Crippen molar-refractivity contribution in [3.63, 3.8) is 0 Å². The smallest absolute Gasteiger partial charge is 0.296 e. The molecule has 4 rings (SSSR count). The van der Waals surface area contributed by atoms with E-state index in [4.69, 9.17) is 0 Å². The maximum absolute atomic E-state index is 13.1. The van der Waals surface area contributed by atoms with Crippen LogP contribution in [0.2, 0.25) is 0 Å². The van der Waals surface area contributed by atoms with Crippen LogP contribution in [0.15, 0.2) is 71.7 Å². The predicted octanol–water partition coefficient (Wildman–Crippen LogP) is 4.24. The Morgan fingerprint density at radius 2 is 1.90 bits per heavy atom. The van der Waals surface area contributed by atoms with Crippen LogP contribution < -0.4 is 5.69 Å². The molecule has 0 amide bonds. The van der Waals surface area contributed by atoms with Crippen molar-refractivity contribution in [3.8, 4) is 22.5 Å². The number of tetrazole rings is 1. The zero-order valence-corrected chi connectivity index (χ0v) is 18.0. The average molecular weight is 415 g/mol.